The molecule has 1 unspecified atom stereocenters. The largest absolute Gasteiger partial charge is 0.394 e. The summed E-state index contributed by atoms with van der Waals surface area (Å²) < 4.78 is 0. The first-order valence-corrected chi connectivity index (χ1v) is 6.87. The van der Waals surface area contributed by atoms with Gasteiger partial charge in [0.2, 0.25) is 0 Å². The number of hydrogen-bond donors (Lipinski definition) is 2. The number of nitrogens with zero attached hydrogens (tertiary/aromatic N) is 1. The first-order valence-electron chi connectivity index (χ1n) is 6.87. The van der Waals surface area contributed by atoms with Gasteiger partial charge in [-0.25, -0.2) is 0 Å². The lowest BCUT2D eigenvalue weighted by Gasteiger charge is -2.39. The van der Waals surface area contributed by atoms with Crippen LogP contribution in [0.1, 0.15) is 39.0 Å². The lowest BCUT2D eigenvalue weighted by molar-refractivity contribution is 0.0450. The van der Waals surface area contributed by atoms with E-state index in [1.807, 2.05) is 0 Å². The molecule has 17 heavy (non-hydrogen) atoms. The average Bonchev–Trinajstić information content (AvgIpc) is 2.74. The van der Waals surface area contributed by atoms with Crippen LogP contribution in [0.2, 0.25) is 0 Å². The third kappa shape index (κ3) is 3.34. The van der Waals surface area contributed by atoms with Gasteiger partial charge in [0.25, 0.3) is 0 Å². The first-order chi connectivity index (χ1) is 7.80. The fourth-order valence-electron chi connectivity index (χ4n) is 3.35. The van der Waals surface area contributed by atoms with E-state index in [4.69, 9.17) is 0 Å². The second-order valence-corrected chi connectivity index (χ2v) is 5.48. The number of hydrogen-bond acceptors (Lipinski definition) is 3. The maximum Gasteiger partial charge on any atom is 0.0615 e. The highest BCUT2D eigenvalue weighted by Crippen LogP contribution is 2.33. The molecule has 2 fully saturated rings. The molecule has 3 nitrogen and oxygen atoms in total. The van der Waals surface area contributed by atoms with E-state index >= 15 is 0 Å². The summed E-state index contributed by atoms with van der Waals surface area (Å²) in [6.45, 7) is 7.31. The van der Waals surface area contributed by atoms with Gasteiger partial charge in [0.05, 0.1) is 6.61 Å². The standard InChI is InChI=1S/C13H26N2O.ClH/c1-2-13(11-16)6-3-9-15(13)10-12-4-7-14-8-5-12;/h12,14,16H,2-11H2,1H3;1H. The molecule has 102 valence electrons. The Balaban J connectivity index is 0.00000144. The van der Waals surface area contributed by atoms with E-state index in [-0.39, 0.29) is 17.9 Å². The van der Waals surface area contributed by atoms with Crippen LogP contribution >= 0.6 is 12.4 Å². The Morgan fingerprint density at radius 1 is 1.35 bits per heavy atom. The lowest BCUT2D eigenvalue weighted by atomic mass is 9.91. The Labute approximate surface area is 111 Å². The molecule has 0 aliphatic carbocycles. The van der Waals surface area contributed by atoms with Gasteiger partial charge >= 0.3 is 0 Å². The summed E-state index contributed by atoms with van der Waals surface area (Å²) in [4.78, 5) is 2.57. The van der Waals surface area contributed by atoms with E-state index in [1.165, 1.54) is 51.9 Å². The number of rotatable bonds is 4. The Morgan fingerprint density at radius 3 is 2.65 bits per heavy atom. The van der Waals surface area contributed by atoms with Crippen molar-refractivity contribution in [1.82, 2.24) is 10.2 Å². The van der Waals surface area contributed by atoms with Crippen LogP contribution in [0.4, 0.5) is 0 Å². The molecular formula is C13H27ClN2O. The molecule has 2 aliphatic heterocycles. The summed E-state index contributed by atoms with van der Waals surface area (Å²) in [5, 5.41) is 13.1. The van der Waals surface area contributed by atoms with Gasteiger partial charge < -0.3 is 10.4 Å². The second-order valence-electron chi connectivity index (χ2n) is 5.48. The normalized spacial score (nSPS) is 31.4. The van der Waals surface area contributed by atoms with Gasteiger partial charge in [-0.2, -0.15) is 0 Å². The van der Waals surface area contributed by atoms with E-state index in [9.17, 15) is 5.11 Å². The maximum absolute atomic E-state index is 9.66. The topological polar surface area (TPSA) is 35.5 Å². The van der Waals surface area contributed by atoms with Crippen LogP contribution in [0, 0.1) is 5.92 Å². The molecule has 0 radical (unpaired) electrons. The zero-order valence-electron chi connectivity index (χ0n) is 11.0. The summed E-state index contributed by atoms with van der Waals surface area (Å²) in [5.74, 6) is 0.844. The number of aliphatic hydroxyl groups excluding tert-OH is 1. The third-order valence-corrected chi connectivity index (χ3v) is 4.63. The van der Waals surface area contributed by atoms with Crippen molar-refractivity contribution in [2.45, 2.75) is 44.6 Å². The van der Waals surface area contributed by atoms with Gasteiger partial charge in [-0.1, -0.05) is 6.92 Å². The van der Waals surface area contributed by atoms with Gasteiger partial charge in [0, 0.05) is 12.1 Å². The summed E-state index contributed by atoms with van der Waals surface area (Å²) in [5.41, 5.74) is 0.116. The Morgan fingerprint density at radius 2 is 2.06 bits per heavy atom. The van der Waals surface area contributed by atoms with E-state index < -0.39 is 0 Å². The number of likely N-dealkylation sites (tertiary alicyclic amines) is 1. The zero-order chi connectivity index (χ0) is 11.4. The number of nitrogens with one attached hydrogen (secondary N) is 1. The summed E-state index contributed by atoms with van der Waals surface area (Å²) in [6.07, 6.45) is 6.16. The minimum absolute atomic E-state index is 0. The molecule has 2 aliphatic rings. The SMILES string of the molecule is CCC1(CO)CCCN1CC1CCNCC1.Cl. The van der Waals surface area contributed by atoms with Gasteiger partial charge in [-0.15, -0.1) is 12.4 Å². The molecule has 2 N–H and O–H groups in total. The highest BCUT2D eigenvalue weighted by molar-refractivity contribution is 5.85. The van der Waals surface area contributed by atoms with Crippen molar-refractivity contribution in [3.8, 4) is 0 Å². The zero-order valence-corrected chi connectivity index (χ0v) is 11.8. The van der Waals surface area contributed by atoms with E-state index in [2.05, 4.69) is 17.1 Å². The Bertz CT molecular complexity index is 215. The van der Waals surface area contributed by atoms with Gasteiger partial charge in [-0.3, -0.25) is 4.90 Å². The fourth-order valence-corrected chi connectivity index (χ4v) is 3.35. The van der Waals surface area contributed by atoms with E-state index in [0.29, 0.717) is 6.61 Å². The van der Waals surface area contributed by atoms with Crippen LogP contribution in [0.3, 0.4) is 0 Å². The molecule has 0 aromatic rings. The van der Waals surface area contributed by atoms with Crippen LogP contribution < -0.4 is 5.32 Å². The molecule has 0 saturated carbocycles. The van der Waals surface area contributed by atoms with Crippen LogP contribution in [-0.4, -0.2) is 48.3 Å². The van der Waals surface area contributed by atoms with Crippen molar-refractivity contribution < 1.29 is 5.11 Å². The molecular weight excluding hydrogens is 236 g/mol. The van der Waals surface area contributed by atoms with Crippen molar-refractivity contribution in [2.24, 2.45) is 5.92 Å². The minimum atomic E-state index is 0. The Hall–Kier alpha value is 0.170. The van der Waals surface area contributed by atoms with Crippen LogP contribution in [-0.2, 0) is 0 Å². The highest BCUT2D eigenvalue weighted by Gasteiger charge is 2.39. The monoisotopic (exact) mass is 262 g/mol. The Kier molecular flexibility index (Phi) is 6.21. The van der Waals surface area contributed by atoms with Gasteiger partial charge in [0.15, 0.2) is 0 Å². The molecule has 0 aromatic heterocycles. The van der Waals surface area contributed by atoms with Crippen molar-refractivity contribution in [3.05, 3.63) is 0 Å². The van der Waals surface area contributed by atoms with Crippen LogP contribution in [0.15, 0.2) is 0 Å². The highest BCUT2D eigenvalue weighted by atomic mass is 35.5. The quantitative estimate of drug-likeness (QED) is 0.809. The minimum Gasteiger partial charge on any atom is -0.394 e. The van der Waals surface area contributed by atoms with Crippen molar-refractivity contribution in [2.75, 3.05) is 32.8 Å². The van der Waals surface area contributed by atoms with Crippen molar-refractivity contribution in [1.29, 1.82) is 0 Å². The van der Waals surface area contributed by atoms with E-state index in [0.717, 1.165) is 12.3 Å². The predicted molar refractivity (Wildman–Crippen MR) is 73.8 cm³/mol. The fraction of sp³-hybridized carbons (Fsp3) is 1.00. The second kappa shape index (κ2) is 6.93. The molecule has 2 rings (SSSR count). The molecule has 0 aromatic carbocycles. The van der Waals surface area contributed by atoms with Gasteiger partial charge in [0.1, 0.15) is 0 Å². The third-order valence-electron chi connectivity index (χ3n) is 4.63. The number of halogens is 1. The van der Waals surface area contributed by atoms with Crippen molar-refractivity contribution in [3.63, 3.8) is 0 Å². The summed E-state index contributed by atoms with van der Waals surface area (Å²) in [7, 11) is 0. The molecule has 0 spiro atoms. The van der Waals surface area contributed by atoms with Crippen molar-refractivity contribution >= 4 is 12.4 Å². The van der Waals surface area contributed by atoms with Gasteiger partial charge in [-0.05, 0) is 57.7 Å². The molecule has 0 amide bonds. The van der Waals surface area contributed by atoms with Crippen LogP contribution in [0.25, 0.3) is 0 Å². The summed E-state index contributed by atoms with van der Waals surface area (Å²) in [6, 6.07) is 0. The average molecular weight is 263 g/mol. The molecule has 2 heterocycles. The molecule has 2 saturated heterocycles. The smallest absolute Gasteiger partial charge is 0.0615 e. The first kappa shape index (κ1) is 15.2. The van der Waals surface area contributed by atoms with Crippen LogP contribution in [0.5, 0.6) is 0 Å². The number of aliphatic hydroxyl groups is 1. The summed E-state index contributed by atoms with van der Waals surface area (Å²) >= 11 is 0. The predicted octanol–water partition coefficient (Wildman–Crippen LogP) is 1.64. The molecule has 0 bridgehead atoms. The lowest BCUT2D eigenvalue weighted by Crippen LogP contribution is -2.49. The molecule has 1 atom stereocenters. The number of piperidine rings is 1. The van der Waals surface area contributed by atoms with E-state index in [1.54, 1.807) is 0 Å². The molecule has 4 heteroatoms. The maximum atomic E-state index is 9.66.